The molecule has 1 aromatic rings. The summed E-state index contributed by atoms with van der Waals surface area (Å²) < 4.78 is 0. The van der Waals surface area contributed by atoms with Crippen molar-refractivity contribution >= 4 is 29.9 Å². The molecule has 18 heavy (non-hydrogen) atoms. The summed E-state index contributed by atoms with van der Waals surface area (Å²) in [6, 6.07) is 7.24. The van der Waals surface area contributed by atoms with Crippen LogP contribution in [-0.4, -0.2) is 18.5 Å². The Labute approximate surface area is 119 Å². The van der Waals surface area contributed by atoms with Gasteiger partial charge in [-0.05, 0) is 24.5 Å². The third kappa shape index (κ3) is 5.71. The SMILES string of the molecule is CCCC(N)C(=O)NCCc1ccccc1Cl.Cl. The molecule has 0 aromatic heterocycles. The number of hydrogen-bond acceptors (Lipinski definition) is 2. The van der Waals surface area contributed by atoms with E-state index >= 15 is 0 Å². The Balaban J connectivity index is 0.00000289. The highest BCUT2D eigenvalue weighted by Crippen LogP contribution is 2.14. The summed E-state index contributed by atoms with van der Waals surface area (Å²) in [5, 5.41) is 3.56. The van der Waals surface area contributed by atoms with Gasteiger partial charge in [-0.25, -0.2) is 0 Å². The normalized spacial score (nSPS) is 11.5. The highest BCUT2D eigenvalue weighted by atomic mass is 35.5. The molecular formula is C13H20Cl2N2O. The van der Waals surface area contributed by atoms with Crippen molar-refractivity contribution in [2.24, 2.45) is 5.73 Å². The average molecular weight is 291 g/mol. The first kappa shape index (κ1) is 17.2. The molecule has 0 radical (unpaired) electrons. The summed E-state index contributed by atoms with van der Waals surface area (Å²) in [6.07, 6.45) is 2.36. The van der Waals surface area contributed by atoms with Crippen LogP contribution in [0.1, 0.15) is 25.3 Å². The number of rotatable bonds is 6. The quantitative estimate of drug-likeness (QED) is 0.846. The fraction of sp³-hybridized carbons (Fsp3) is 0.462. The number of carbonyl (C=O) groups is 1. The summed E-state index contributed by atoms with van der Waals surface area (Å²) >= 11 is 6.01. The van der Waals surface area contributed by atoms with Gasteiger partial charge < -0.3 is 11.1 Å². The van der Waals surface area contributed by atoms with Crippen LogP contribution in [0.3, 0.4) is 0 Å². The molecule has 3 nitrogen and oxygen atoms in total. The maximum Gasteiger partial charge on any atom is 0.236 e. The van der Waals surface area contributed by atoms with Crippen molar-refractivity contribution < 1.29 is 4.79 Å². The summed E-state index contributed by atoms with van der Waals surface area (Å²) in [7, 11) is 0. The van der Waals surface area contributed by atoms with Crippen LogP contribution in [0.25, 0.3) is 0 Å². The fourth-order valence-electron chi connectivity index (χ4n) is 1.59. The zero-order valence-corrected chi connectivity index (χ0v) is 12.1. The standard InChI is InChI=1S/C13H19ClN2O.ClH/c1-2-5-12(15)13(17)16-9-8-10-6-3-4-7-11(10)14;/h3-4,6-7,12H,2,5,8-9,15H2,1H3,(H,16,17);1H. The van der Waals surface area contributed by atoms with E-state index in [0.29, 0.717) is 6.54 Å². The number of nitrogens with two attached hydrogens (primary N) is 1. The lowest BCUT2D eigenvalue weighted by atomic mass is 10.1. The van der Waals surface area contributed by atoms with Gasteiger partial charge in [0, 0.05) is 11.6 Å². The summed E-state index contributed by atoms with van der Waals surface area (Å²) in [6.45, 7) is 2.58. The van der Waals surface area contributed by atoms with Crippen molar-refractivity contribution in [3.63, 3.8) is 0 Å². The number of halogens is 2. The molecule has 5 heteroatoms. The predicted molar refractivity (Wildman–Crippen MR) is 78.3 cm³/mol. The van der Waals surface area contributed by atoms with Crippen molar-refractivity contribution in [3.8, 4) is 0 Å². The van der Waals surface area contributed by atoms with Gasteiger partial charge in [0.1, 0.15) is 0 Å². The van der Waals surface area contributed by atoms with E-state index in [-0.39, 0.29) is 18.3 Å². The maximum atomic E-state index is 11.5. The Morgan fingerprint density at radius 2 is 2.11 bits per heavy atom. The Hall–Kier alpha value is -0.770. The summed E-state index contributed by atoms with van der Waals surface area (Å²) in [5.41, 5.74) is 6.74. The minimum Gasteiger partial charge on any atom is -0.354 e. The van der Waals surface area contributed by atoms with E-state index in [0.717, 1.165) is 29.8 Å². The van der Waals surface area contributed by atoms with Crippen molar-refractivity contribution in [1.82, 2.24) is 5.32 Å². The van der Waals surface area contributed by atoms with Crippen LogP contribution >= 0.6 is 24.0 Å². The van der Waals surface area contributed by atoms with Crippen LogP contribution in [0.4, 0.5) is 0 Å². The topological polar surface area (TPSA) is 55.1 Å². The van der Waals surface area contributed by atoms with E-state index in [1.54, 1.807) is 0 Å². The van der Waals surface area contributed by atoms with E-state index in [9.17, 15) is 4.79 Å². The largest absolute Gasteiger partial charge is 0.354 e. The number of carbonyl (C=O) groups excluding carboxylic acids is 1. The monoisotopic (exact) mass is 290 g/mol. The molecule has 3 N–H and O–H groups in total. The molecule has 0 saturated carbocycles. The highest BCUT2D eigenvalue weighted by molar-refractivity contribution is 6.31. The van der Waals surface area contributed by atoms with Crippen molar-refractivity contribution in [2.45, 2.75) is 32.2 Å². The predicted octanol–water partition coefficient (Wildman–Crippen LogP) is 2.55. The Kier molecular flexibility index (Phi) is 8.81. The molecule has 0 aliphatic heterocycles. The van der Waals surface area contributed by atoms with Crippen LogP contribution in [0.15, 0.2) is 24.3 Å². The molecule has 0 aliphatic rings. The van der Waals surface area contributed by atoms with Gasteiger partial charge >= 0.3 is 0 Å². The van der Waals surface area contributed by atoms with Gasteiger partial charge in [0.25, 0.3) is 0 Å². The third-order valence-corrected chi connectivity index (χ3v) is 2.96. The number of benzene rings is 1. The minimum atomic E-state index is -0.397. The number of hydrogen-bond donors (Lipinski definition) is 2. The molecule has 0 aliphatic carbocycles. The van der Waals surface area contributed by atoms with E-state index in [1.807, 2.05) is 31.2 Å². The molecule has 0 bridgehead atoms. The van der Waals surface area contributed by atoms with Crippen molar-refractivity contribution in [2.75, 3.05) is 6.54 Å². The summed E-state index contributed by atoms with van der Waals surface area (Å²) in [5.74, 6) is -0.0843. The van der Waals surface area contributed by atoms with Crippen LogP contribution in [-0.2, 0) is 11.2 Å². The van der Waals surface area contributed by atoms with Gasteiger partial charge in [0.05, 0.1) is 6.04 Å². The molecule has 0 heterocycles. The lowest BCUT2D eigenvalue weighted by molar-refractivity contribution is -0.122. The second-order valence-corrected chi connectivity index (χ2v) is 4.43. The van der Waals surface area contributed by atoms with Gasteiger partial charge in [-0.15, -0.1) is 12.4 Å². The smallest absolute Gasteiger partial charge is 0.236 e. The van der Waals surface area contributed by atoms with E-state index in [2.05, 4.69) is 5.32 Å². The number of amides is 1. The molecule has 1 atom stereocenters. The van der Waals surface area contributed by atoms with Crippen molar-refractivity contribution in [1.29, 1.82) is 0 Å². The fourth-order valence-corrected chi connectivity index (χ4v) is 1.82. The van der Waals surface area contributed by atoms with Crippen molar-refractivity contribution in [3.05, 3.63) is 34.9 Å². The van der Waals surface area contributed by atoms with Gasteiger partial charge in [-0.2, -0.15) is 0 Å². The molecule has 102 valence electrons. The highest BCUT2D eigenvalue weighted by Gasteiger charge is 2.11. The molecule has 1 rings (SSSR count). The first-order valence-corrected chi connectivity index (χ1v) is 6.29. The van der Waals surface area contributed by atoms with Crippen LogP contribution in [0.2, 0.25) is 5.02 Å². The number of nitrogens with one attached hydrogen (secondary N) is 1. The maximum absolute atomic E-state index is 11.5. The first-order chi connectivity index (χ1) is 8.15. The Morgan fingerprint density at radius 1 is 1.44 bits per heavy atom. The lowest BCUT2D eigenvalue weighted by Crippen LogP contribution is -2.41. The molecule has 0 spiro atoms. The Bertz CT molecular complexity index is 372. The Morgan fingerprint density at radius 3 is 2.72 bits per heavy atom. The molecule has 1 unspecified atom stereocenters. The molecule has 0 fully saturated rings. The van der Waals surface area contributed by atoms with Gasteiger partial charge in [-0.3, -0.25) is 4.79 Å². The minimum absolute atomic E-state index is 0. The van der Waals surface area contributed by atoms with Crippen LogP contribution in [0.5, 0.6) is 0 Å². The van der Waals surface area contributed by atoms with Gasteiger partial charge in [0.2, 0.25) is 5.91 Å². The van der Waals surface area contributed by atoms with Crippen LogP contribution < -0.4 is 11.1 Å². The lowest BCUT2D eigenvalue weighted by Gasteiger charge is -2.11. The van der Waals surface area contributed by atoms with Gasteiger partial charge in [0.15, 0.2) is 0 Å². The second kappa shape index (κ2) is 9.20. The molecule has 1 aromatic carbocycles. The van der Waals surface area contributed by atoms with E-state index in [4.69, 9.17) is 17.3 Å². The average Bonchev–Trinajstić information content (AvgIpc) is 2.31. The molecule has 1 amide bonds. The van der Waals surface area contributed by atoms with Crippen LogP contribution in [0, 0.1) is 0 Å². The van der Waals surface area contributed by atoms with E-state index < -0.39 is 6.04 Å². The third-order valence-electron chi connectivity index (χ3n) is 2.59. The molecule has 0 saturated heterocycles. The van der Waals surface area contributed by atoms with Gasteiger partial charge in [-0.1, -0.05) is 43.1 Å². The first-order valence-electron chi connectivity index (χ1n) is 5.91. The zero-order chi connectivity index (χ0) is 12.7. The van der Waals surface area contributed by atoms with E-state index in [1.165, 1.54) is 0 Å². The summed E-state index contributed by atoms with van der Waals surface area (Å²) in [4.78, 5) is 11.5. The zero-order valence-electron chi connectivity index (χ0n) is 10.5. The second-order valence-electron chi connectivity index (χ2n) is 4.03. The molecular weight excluding hydrogens is 271 g/mol.